The summed E-state index contributed by atoms with van der Waals surface area (Å²) in [7, 11) is 0. The van der Waals surface area contributed by atoms with Gasteiger partial charge in [-0.25, -0.2) is 8.78 Å². The van der Waals surface area contributed by atoms with Crippen molar-refractivity contribution in [1.82, 2.24) is 0 Å². The zero-order valence-electron chi connectivity index (χ0n) is 8.27. The molecule has 0 spiro atoms. The number of rotatable bonds is 4. The van der Waals surface area contributed by atoms with E-state index in [1.54, 1.807) is 19.1 Å². The van der Waals surface area contributed by atoms with Gasteiger partial charge in [-0.15, -0.1) is 11.6 Å². The highest BCUT2D eigenvalue weighted by atomic mass is 35.5. The van der Waals surface area contributed by atoms with Crippen molar-refractivity contribution in [3.63, 3.8) is 0 Å². The quantitative estimate of drug-likeness (QED) is 0.728. The molecule has 82 valence electrons. The zero-order valence-corrected chi connectivity index (χ0v) is 9.02. The SMILES string of the molecule is Cc1ccc(C(F)F)c(CC(=O)CCl)c1. The van der Waals surface area contributed by atoms with Gasteiger partial charge in [0.05, 0.1) is 5.88 Å². The van der Waals surface area contributed by atoms with E-state index in [2.05, 4.69) is 0 Å². The second-order valence-corrected chi connectivity index (χ2v) is 3.62. The van der Waals surface area contributed by atoms with Crippen LogP contribution >= 0.6 is 11.6 Å². The number of carbonyl (C=O) groups excluding carboxylic acids is 1. The molecule has 0 saturated heterocycles. The molecule has 1 rings (SSSR count). The summed E-state index contributed by atoms with van der Waals surface area (Å²) < 4.78 is 25.1. The molecule has 0 amide bonds. The number of Topliss-reactive ketones (excluding diaryl/α,β-unsaturated/α-hetero) is 1. The van der Waals surface area contributed by atoms with Crippen molar-refractivity contribution >= 4 is 17.4 Å². The van der Waals surface area contributed by atoms with Crippen molar-refractivity contribution < 1.29 is 13.6 Å². The Labute approximate surface area is 92.1 Å². The van der Waals surface area contributed by atoms with Gasteiger partial charge in [0.15, 0.2) is 5.78 Å². The first-order valence-corrected chi connectivity index (χ1v) is 5.03. The fourth-order valence-electron chi connectivity index (χ4n) is 1.36. The largest absolute Gasteiger partial charge is 0.298 e. The number of benzene rings is 1. The molecule has 0 atom stereocenters. The number of aryl methyl sites for hydroxylation is 1. The smallest absolute Gasteiger partial charge is 0.264 e. The van der Waals surface area contributed by atoms with E-state index in [0.717, 1.165) is 5.56 Å². The first kappa shape index (κ1) is 12.1. The summed E-state index contributed by atoms with van der Waals surface area (Å²) in [4.78, 5) is 11.1. The monoisotopic (exact) mass is 232 g/mol. The van der Waals surface area contributed by atoms with Gasteiger partial charge in [-0.1, -0.05) is 23.8 Å². The Balaban J connectivity index is 3.02. The lowest BCUT2D eigenvalue weighted by atomic mass is 10.0. The van der Waals surface area contributed by atoms with Crippen LogP contribution in [0.5, 0.6) is 0 Å². The second kappa shape index (κ2) is 5.21. The second-order valence-electron chi connectivity index (χ2n) is 3.35. The van der Waals surface area contributed by atoms with Crippen LogP contribution in [0.1, 0.15) is 23.1 Å². The minimum atomic E-state index is -2.55. The van der Waals surface area contributed by atoms with Gasteiger partial charge >= 0.3 is 0 Å². The van der Waals surface area contributed by atoms with E-state index in [0.29, 0.717) is 5.56 Å². The highest BCUT2D eigenvalue weighted by Crippen LogP contribution is 2.24. The molecule has 15 heavy (non-hydrogen) atoms. The minimum absolute atomic E-state index is 0.0230. The predicted octanol–water partition coefficient (Wildman–Crippen LogP) is 3.28. The standard InChI is InChI=1S/C11H11ClF2O/c1-7-2-3-10(11(13)14)8(4-7)5-9(15)6-12/h2-4,11H,5-6H2,1H3. The van der Waals surface area contributed by atoms with E-state index in [9.17, 15) is 13.6 Å². The van der Waals surface area contributed by atoms with E-state index >= 15 is 0 Å². The van der Waals surface area contributed by atoms with Crippen LogP contribution in [0, 0.1) is 6.92 Å². The van der Waals surface area contributed by atoms with Crippen LogP contribution in [-0.2, 0) is 11.2 Å². The predicted molar refractivity (Wildman–Crippen MR) is 55.6 cm³/mol. The lowest BCUT2D eigenvalue weighted by molar-refractivity contribution is -0.116. The van der Waals surface area contributed by atoms with Gasteiger partial charge in [0.25, 0.3) is 6.43 Å². The molecule has 1 nitrogen and oxygen atoms in total. The Morgan fingerprint density at radius 1 is 1.47 bits per heavy atom. The van der Waals surface area contributed by atoms with Crippen LogP contribution in [0.3, 0.4) is 0 Å². The van der Waals surface area contributed by atoms with Crippen molar-refractivity contribution in [3.8, 4) is 0 Å². The number of ketones is 1. The molecule has 0 aliphatic heterocycles. The summed E-state index contributed by atoms with van der Waals surface area (Å²) in [6, 6.07) is 4.57. The van der Waals surface area contributed by atoms with Crippen molar-refractivity contribution in [2.45, 2.75) is 19.8 Å². The third kappa shape index (κ3) is 3.27. The number of carbonyl (C=O) groups is 1. The molecule has 0 aromatic heterocycles. The molecular weight excluding hydrogens is 222 g/mol. The summed E-state index contributed by atoms with van der Waals surface area (Å²) in [5, 5.41) is 0. The maximum absolute atomic E-state index is 12.6. The van der Waals surface area contributed by atoms with Gasteiger partial charge in [0.2, 0.25) is 0 Å². The van der Waals surface area contributed by atoms with E-state index < -0.39 is 6.43 Å². The average Bonchev–Trinajstić information content (AvgIpc) is 2.17. The Kier molecular flexibility index (Phi) is 4.21. The molecule has 0 aliphatic rings. The molecule has 0 aliphatic carbocycles. The maximum Gasteiger partial charge on any atom is 0.264 e. The fraction of sp³-hybridized carbons (Fsp3) is 0.364. The van der Waals surface area contributed by atoms with Crippen LogP contribution in [0.25, 0.3) is 0 Å². The van der Waals surface area contributed by atoms with Gasteiger partial charge in [-0.05, 0) is 12.5 Å². The van der Waals surface area contributed by atoms with Gasteiger partial charge < -0.3 is 0 Å². The molecule has 1 aromatic rings. The molecule has 0 unspecified atom stereocenters. The molecule has 0 radical (unpaired) electrons. The highest BCUT2D eigenvalue weighted by Gasteiger charge is 2.14. The Morgan fingerprint density at radius 3 is 2.67 bits per heavy atom. The first-order chi connectivity index (χ1) is 7.04. The Bertz CT molecular complexity index is 364. The van der Waals surface area contributed by atoms with E-state index in [4.69, 9.17) is 11.6 Å². The van der Waals surface area contributed by atoms with Crippen LogP contribution in [-0.4, -0.2) is 11.7 Å². The summed E-state index contributed by atoms with van der Waals surface area (Å²) in [5.41, 5.74) is 1.14. The van der Waals surface area contributed by atoms with E-state index in [1.807, 2.05) is 0 Å². The van der Waals surface area contributed by atoms with Gasteiger partial charge in [-0.3, -0.25) is 4.79 Å². The number of hydrogen-bond acceptors (Lipinski definition) is 1. The summed E-state index contributed by atoms with van der Waals surface area (Å²) in [5.74, 6) is -0.388. The van der Waals surface area contributed by atoms with Gasteiger partial charge in [-0.2, -0.15) is 0 Å². The third-order valence-corrected chi connectivity index (χ3v) is 2.37. The molecule has 4 heteroatoms. The Morgan fingerprint density at radius 2 is 2.13 bits per heavy atom. The number of alkyl halides is 3. The van der Waals surface area contributed by atoms with Crippen molar-refractivity contribution in [3.05, 3.63) is 34.9 Å². The van der Waals surface area contributed by atoms with Crippen molar-refractivity contribution in [2.75, 3.05) is 5.88 Å². The maximum atomic E-state index is 12.6. The zero-order chi connectivity index (χ0) is 11.4. The summed E-state index contributed by atoms with van der Waals surface area (Å²) in [6.45, 7) is 1.80. The lowest BCUT2D eigenvalue weighted by Crippen LogP contribution is -2.07. The van der Waals surface area contributed by atoms with Crippen molar-refractivity contribution in [1.29, 1.82) is 0 Å². The van der Waals surface area contributed by atoms with Crippen LogP contribution in [0.2, 0.25) is 0 Å². The topological polar surface area (TPSA) is 17.1 Å². The van der Waals surface area contributed by atoms with Crippen LogP contribution in [0.4, 0.5) is 8.78 Å². The average molecular weight is 233 g/mol. The van der Waals surface area contributed by atoms with Crippen LogP contribution < -0.4 is 0 Å². The summed E-state index contributed by atoms with van der Waals surface area (Å²) >= 11 is 5.34. The summed E-state index contributed by atoms with van der Waals surface area (Å²) in [6.07, 6.45) is -2.58. The third-order valence-electron chi connectivity index (χ3n) is 2.07. The molecule has 0 bridgehead atoms. The highest BCUT2D eigenvalue weighted by molar-refractivity contribution is 6.27. The van der Waals surface area contributed by atoms with Crippen molar-refractivity contribution in [2.24, 2.45) is 0 Å². The van der Waals surface area contributed by atoms with E-state index in [-0.39, 0.29) is 23.6 Å². The first-order valence-electron chi connectivity index (χ1n) is 4.50. The molecule has 0 fully saturated rings. The van der Waals surface area contributed by atoms with Gasteiger partial charge in [0, 0.05) is 12.0 Å². The fourth-order valence-corrected chi connectivity index (χ4v) is 1.45. The van der Waals surface area contributed by atoms with Crippen LogP contribution in [0.15, 0.2) is 18.2 Å². The molecule has 0 saturated carbocycles. The number of halogens is 3. The minimum Gasteiger partial charge on any atom is -0.298 e. The lowest BCUT2D eigenvalue weighted by Gasteiger charge is -2.08. The molecule has 1 aromatic carbocycles. The van der Waals surface area contributed by atoms with E-state index in [1.165, 1.54) is 6.07 Å². The number of hydrogen-bond donors (Lipinski definition) is 0. The molecular formula is C11H11ClF2O. The molecule has 0 heterocycles. The van der Waals surface area contributed by atoms with Gasteiger partial charge in [0.1, 0.15) is 0 Å². The molecule has 0 N–H and O–H groups in total. The normalized spacial score (nSPS) is 10.7. The Hall–Kier alpha value is -0.960.